The molecule has 1 saturated carbocycles. The molecule has 0 bridgehead atoms. The minimum absolute atomic E-state index is 0.256. The molecule has 0 spiro atoms. The summed E-state index contributed by atoms with van der Waals surface area (Å²) in [5.74, 6) is 0. The molecule has 0 radical (unpaired) electrons. The number of nitrogens with two attached hydrogens (primary N) is 1. The maximum Gasteiger partial charge on any atom is 0.0306 e. The summed E-state index contributed by atoms with van der Waals surface area (Å²) in [5, 5.41) is 0. The molecule has 1 aliphatic carbocycles. The molecule has 16 heavy (non-hydrogen) atoms. The Balaban J connectivity index is 2.51. The Morgan fingerprint density at radius 1 is 1.19 bits per heavy atom. The van der Waals surface area contributed by atoms with Gasteiger partial charge < -0.3 is 5.73 Å². The molecular weight excluding hydrogens is 196 g/mol. The van der Waals surface area contributed by atoms with Crippen molar-refractivity contribution in [1.82, 2.24) is 4.90 Å². The summed E-state index contributed by atoms with van der Waals surface area (Å²) in [4.78, 5) is 2.70. The van der Waals surface area contributed by atoms with E-state index < -0.39 is 0 Å². The largest absolute Gasteiger partial charge is 0.329 e. The summed E-state index contributed by atoms with van der Waals surface area (Å²) in [7, 11) is 0. The van der Waals surface area contributed by atoms with Crippen molar-refractivity contribution < 1.29 is 0 Å². The van der Waals surface area contributed by atoms with Crippen molar-refractivity contribution in [2.75, 3.05) is 13.1 Å². The van der Waals surface area contributed by atoms with Crippen LogP contribution in [0.15, 0.2) is 0 Å². The molecule has 2 nitrogen and oxygen atoms in total. The number of rotatable bonds is 9. The van der Waals surface area contributed by atoms with Crippen LogP contribution in [0.2, 0.25) is 0 Å². The standard InChI is InChI=1S/C14H30N2/c1-4-6-7-10-14(3,12-15)16(11-5-2)13-8-9-13/h13H,4-12,15H2,1-3H3. The van der Waals surface area contributed by atoms with Crippen LogP contribution >= 0.6 is 0 Å². The molecule has 0 aliphatic heterocycles. The van der Waals surface area contributed by atoms with E-state index in [1.165, 1.54) is 51.5 Å². The van der Waals surface area contributed by atoms with Crippen LogP contribution in [0.1, 0.15) is 65.7 Å². The Morgan fingerprint density at radius 2 is 1.88 bits per heavy atom. The molecule has 96 valence electrons. The van der Waals surface area contributed by atoms with Crippen molar-refractivity contribution in [3.05, 3.63) is 0 Å². The van der Waals surface area contributed by atoms with Crippen molar-refractivity contribution in [1.29, 1.82) is 0 Å². The fraction of sp³-hybridized carbons (Fsp3) is 1.00. The Bertz CT molecular complexity index is 189. The van der Waals surface area contributed by atoms with Gasteiger partial charge in [0.05, 0.1) is 0 Å². The topological polar surface area (TPSA) is 29.3 Å². The van der Waals surface area contributed by atoms with Gasteiger partial charge in [-0.1, -0.05) is 33.1 Å². The molecule has 0 amide bonds. The second-order valence-electron chi connectivity index (χ2n) is 5.58. The second kappa shape index (κ2) is 6.61. The van der Waals surface area contributed by atoms with Gasteiger partial charge in [0.2, 0.25) is 0 Å². The van der Waals surface area contributed by atoms with E-state index in [1.54, 1.807) is 0 Å². The number of hydrogen-bond acceptors (Lipinski definition) is 2. The smallest absolute Gasteiger partial charge is 0.0306 e. The van der Waals surface area contributed by atoms with E-state index in [2.05, 4.69) is 25.7 Å². The van der Waals surface area contributed by atoms with Crippen LogP contribution in [0, 0.1) is 0 Å². The molecule has 0 aromatic rings. The minimum atomic E-state index is 0.256. The van der Waals surface area contributed by atoms with Gasteiger partial charge in [-0.05, 0) is 39.2 Å². The third kappa shape index (κ3) is 3.74. The molecular formula is C14H30N2. The Morgan fingerprint density at radius 3 is 2.31 bits per heavy atom. The van der Waals surface area contributed by atoms with Crippen molar-refractivity contribution in [2.24, 2.45) is 5.73 Å². The van der Waals surface area contributed by atoms with Gasteiger partial charge in [0.1, 0.15) is 0 Å². The molecule has 0 aromatic carbocycles. The first-order valence-corrected chi connectivity index (χ1v) is 7.14. The van der Waals surface area contributed by atoms with Gasteiger partial charge in [-0.25, -0.2) is 0 Å². The molecule has 0 aromatic heterocycles. The van der Waals surface area contributed by atoms with Crippen molar-refractivity contribution in [3.63, 3.8) is 0 Å². The van der Waals surface area contributed by atoms with E-state index in [0.29, 0.717) is 0 Å². The number of unbranched alkanes of at least 4 members (excludes halogenated alkanes) is 2. The minimum Gasteiger partial charge on any atom is -0.329 e. The summed E-state index contributed by atoms with van der Waals surface area (Å²) < 4.78 is 0. The fourth-order valence-corrected chi connectivity index (χ4v) is 2.64. The maximum absolute atomic E-state index is 6.04. The first-order valence-electron chi connectivity index (χ1n) is 7.14. The van der Waals surface area contributed by atoms with Crippen LogP contribution < -0.4 is 5.73 Å². The van der Waals surface area contributed by atoms with Crippen molar-refractivity contribution in [2.45, 2.75) is 77.3 Å². The van der Waals surface area contributed by atoms with E-state index in [9.17, 15) is 0 Å². The van der Waals surface area contributed by atoms with Gasteiger partial charge in [-0.2, -0.15) is 0 Å². The van der Waals surface area contributed by atoms with Crippen LogP contribution in [0.5, 0.6) is 0 Å². The molecule has 2 N–H and O–H groups in total. The van der Waals surface area contributed by atoms with Crippen molar-refractivity contribution in [3.8, 4) is 0 Å². The summed E-state index contributed by atoms with van der Waals surface area (Å²) in [6.45, 7) is 8.96. The highest BCUT2D eigenvalue weighted by Crippen LogP contribution is 2.35. The zero-order valence-electron chi connectivity index (χ0n) is 11.5. The molecule has 0 saturated heterocycles. The van der Waals surface area contributed by atoms with Gasteiger partial charge in [0, 0.05) is 18.1 Å². The average molecular weight is 226 g/mol. The van der Waals surface area contributed by atoms with Gasteiger partial charge >= 0.3 is 0 Å². The lowest BCUT2D eigenvalue weighted by Crippen LogP contribution is -2.53. The third-order valence-electron chi connectivity index (χ3n) is 3.90. The van der Waals surface area contributed by atoms with Crippen LogP contribution in [-0.2, 0) is 0 Å². The number of nitrogens with zero attached hydrogens (tertiary/aromatic N) is 1. The SMILES string of the molecule is CCCCCC(C)(CN)N(CCC)C1CC1. The molecule has 1 rings (SSSR count). The zero-order chi connectivity index (χ0) is 12.0. The molecule has 1 unspecified atom stereocenters. The Labute approximate surface area is 102 Å². The van der Waals surface area contributed by atoms with E-state index in [0.717, 1.165) is 12.6 Å². The first kappa shape index (κ1) is 14.0. The summed E-state index contributed by atoms with van der Waals surface area (Å²) in [6, 6.07) is 0.843. The quantitative estimate of drug-likeness (QED) is 0.612. The zero-order valence-corrected chi connectivity index (χ0v) is 11.5. The van der Waals surface area contributed by atoms with Gasteiger partial charge in [-0.15, -0.1) is 0 Å². The van der Waals surface area contributed by atoms with E-state index in [-0.39, 0.29) is 5.54 Å². The van der Waals surface area contributed by atoms with E-state index in [1.807, 2.05) is 0 Å². The second-order valence-corrected chi connectivity index (χ2v) is 5.58. The molecule has 1 fully saturated rings. The predicted octanol–water partition coefficient (Wildman–Crippen LogP) is 3.16. The monoisotopic (exact) mass is 226 g/mol. The highest BCUT2D eigenvalue weighted by atomic mass is 15.2. The third-order valence-corrected chi connectivity index (χ3v) is 3.90. The molecule has 0 heterocycles. The van der Waals surface area contributed by atoms with Gasteiger partial charge in [-0.3, -0.25) is 4.90 Å². The lowest BCUT2D eigenvalue weighted by atomic mass is 9.91. The lowest BCUT2D eigenvalue weighted by molar-refractivity contribution is 0.0894. The van der Waals surface area contributed by atoms with Crippen LogP contribution in [-0.4, -0.2) is 29.6 Å². The summed E-state index contributed by atoms with van der Waals surface area (Å²) in [5.41, 5.74) is 6.30. The van der Waals surface area contributed by atoms with Crippen molar-refractivity contribution >= 4 is 0 Å². The number of hydrogen-bond donors (Lipinski definition) is 1. The van der Waals surface area contributed by atoms with Gasteiger partial charge in [0.15, 0.2) is 0 Å². The average Bonchev–Trinajstić information content (AvgIpc) is 3.10. The van der Waals surface area contributed by atoms with Crippen LogP contribution in [0.3, 0.4) is 0 Å². The molecule has 1 aliphatic rings. The summed E-state index contributed by atoms with van der Waals surface area (Å²) >= 11 is 0. The van der Waals surface area contributed by atoms with Crippen LogP contribution in [0.25, 0.3) is 0 Å². The first-order chi connectivity index (χ1) is 7.68. The highest BCUT2D eigenvalue weighted by Gasteiger charge is 2.39. The Hall–Kier alpha value is -0.0800. The Kier molecular flexibility index (Phi) is 5.77. The van der Waals surface area contributed by atoms with E-state index >= 15 is 0 Å². The molecule has 1 atom stereocenters. The summed E-state index contributed by atoms with van der Waals surface area (Å²) in [6.07, 6.45) is 9.29. The lowest BCUT2D eigenvalue weighted by Gasteiger charge is -2.41. The van der Waals surface area contributed by atoms with Gasteiger partial charge in [0.25, 0.3) is 0 Å². The van der Waals surface area contributed by atoms with E-state index in [4.69, 9.17) is 5.73 Å². The fourth-order valence-electron chi connectivity index (χ4n) is 2.64. The normalized spacial score (nSPS) is 20.1. The predicted molar refractivity (Wildman–Crippen MR) is 71.6 cm³/mol. The van der Waals surface area contributed by atoms with Crippen LogP contribution in [0.4, 0.5) is 0 Å². The maximum atomic E-state index is 6.04. The molecule has 2 heteroatoms. The highest BCUT2D eigenvalue weighted by molar-refractivity contribution is 4.96.